The number of rotatable bonds is 7. The van der Waals surface area contributed by atoms with Crippen molar-refractivity contribution in [3.8, 4) is 0 Å². The summed E-state index contributed by atoms with van der Waals surface area (Å²) in [5, 5.41) is 20.8. The highest BCUT2D eigenvalue weighted by atomic mass is 32.2. The maximum Gasteiger partial charge on any atom is 0.289 e. The summed E-state index contributed by atoms with van der Waals surface area (Å²) in [4.78, 5) is 9.74. The van der Waals surface area contributed by atoms with Gasteiger partial charge in [0.15, 0.2) is 4.90 Å². The lowest BCUT2D eigenvalue weighted by atomic mass is 10.1. The van der Waals surface area contributed by atoms with Crippen LogP contribution in [0.15, 0.2) is 59.5 Å². The van der Waals surface area contributed by atoms with Gasteiger partial charge in [0.1, 0.15) is 0 Å². The molecule has 0 radical (unpaired) electrons. The van der Waals surface area contributed by atoms with Crippen molar-refractivity contribution in [1.29, 1.82) is 0 Å². The van der Waals surface area contributed by atoms with E-state index in [9.17, 15) is 23.6 Å². The Kier molecular flexibility index (Phi) is 5.43. The summed E-state index contributed by atoms with van der Waals surface area (Å²) in [5.74, 6) is 0. The Morgan fingerprint density at radius 2 is 1.70 bits per heavy atom. The van der Waals surface area contributed by atoms with Crippen LogP contribution in [0, 0.1) is 10.1 Å². The Balaban J connectivity index is 2.06. The van der Waals surface area contributed by atoms with Gasteiger partial charge in [-0.3, -0.25) is 10.1 Å². The van der Waals surface area contributed by atoms with Crippen molar-refractivity contribution < 1.29 is 18.4 Å². The van der Waals surface area contributed by atoms with Gasteiger partial charge in [0.25, 0.3) is 5.69 Å². The van der Waals surface area contributed by atoms with Gasteiger partial charge in [-0.15, -0.1) is 0 Å². The average molecular weight is 336 g/mol. The van der Waals surface area contributed by atoms with Gasteiger partial charge >= 0.3 is 0 Å². The van der Waals surface area contributed by atoms with Gasteiger partial charge in [0.05, 0.1) is 11.0 Å². The quantitative estimate of drug-likeness (QED) is 0.588. The number of aliphatic hydroxyl groups is 1. The van der Waals surface area contributed by atoms with E-state index in [0.717, 1.165) is 17.7 Å². The van der Waals surface area contributed by atoms with E-state index in [4.69, 9.17) is 0 Å². The monoisotopic (exact) mass is 336 g/mol. The maximum absolute atomic E-state index is 12.2. The first-order chi connectivity index (χ1) is 10.9. The third kappa shape index (κ3) is 4.59. The van der Waals surface area contributed by atoms with E-state index in [0.29, 0.717) is 0 Å². The number of nitrogens with zero attached hydrogens (tertiary/aromatic N) is 1. The number of aliphatic hydroxyl groups excluding tert-OH is 1. The van der Waals surface area contributed by atoms with E-state index in [2.05, 4.69) is 4.72 Å². The number of nitrogens with one attached hydrogen (secondary N) is 1. The molecular weight excluding hydrogens is 320 g/mol. The number of nitro groups is 1. The number of benzene rings is 2. The molecular formula is C15H16N2O5S. The lowest BCUT2D eigenvalue weighted by molar-refractivity contribution is -0.387. The zero-order valence-corrected chi connectivity index (χ0v) is 12.9. The lowest BCUT2D eigenvalue weighted by Gasteiger charge is -2.12. The lowest BCUT2D eigenvalue weighted by Crippen LogP contribution is -2.33. The molecule has 0 saturated heterocycles. The molecule has 1 unspecified atom stereocenters. The molecule has 0 fully saturated rings. The van der Waals surface area contributed by atoms with E-state index < -0.39 is 31.6 Å². The summed E-state index contributed by atoms with van der Waals surface area (Å²) in [7, 11) is -4.07. The largest absolute Gasteiger partial charge is 0.391 e. The van der Waals surface area contributed by atoms with E-state index in [-0.39, 0.29) is 13.0 Å². The molecule has 0 heterocycles. The first kappa shape index (κ1) is 17.1. The van der Waals surface area contributed by atoms with Gasteiger partial charge in [-0.2, -0.15) is 0 Å². The minimum Gasteiger partial charge on any atom is -0.391 e. The van der Waals surface area contributed by atoms with Gasteiger partial charge in [-0.05, 0) is 18.1 Å². The highest BCUT2D eigenvalue weighted by Gasteiger charge is 2.25. The normalized spacial score (nSPS) is 12.7. The third-order valence-electron chi connectivity index (χ3n) is 3.17. The molecule has 8 heteroatoms. The fraction of sp³-hybridized carbons (Fsp3) is 0.200. The van der Waals surface area contributed by atoms with Crippen molar-refractivity contribution in [2.75, 3.05) is 6.54 Å². The van der Waals surface area contributed by atoms with E-state index in [1.165, 1.54) is 12.1 Å². The second-order valence-electron chi connectivity index (χ2n) is 4.92. The van der Waals surface area contributed by atoms with E-state index >= 15 is 0 Å². The summed E-state index contributed by atoms with van der Waals surface area (Å²) in [6, 6.07) is 14.2. The van der Waals surface area contributed by atoms with Crippen LogP contribution in [0.1, 0.15) is 5.56 Å². The van der Waals surface area contributed by atoms with Crippen LogP contribution in [0.3, 0.4) is 0 Å². The van der Waals surface area contributed by atoms with Crippen molar-refractivity contribution in [1.82, 2.24) is 4.72 Å². The van der Waals surface area contributed by atoms with Crippen LogP contribution in [0.25, 0.3) is 0 Å². The molecule has 0 aliphatic carbocycles. The molecule has 0 amide bonds. The van der Waals surface area contributed by atoms with Crippen molar-refractivity contribution >= 4 is 15.7 Å². The Labute approximate surface area is 133 Å². The summed E-state index contributed by atoms with van der Waals surface area (Å²) < 4.78 is 26.6. The van der Waals surface area contributed by atoms with Crippen LogP contribution in [0.2, 0.25) is 0 Å². The molecule has 23 heavy (non-hydrogen) atoms. The number of hydrogen-bond donors (Lipinski definition) is 2. The fourth-order valence-electron chi connectivity index (χ4n) is 2.08. The zero-order chi connectivity index (χ0) is 16.9. The second-order valence-corrected chi connectivity index (χ2v) is 6.66. The summed E-state index contributed by atoms with van der Waals surface area (Å²) in [6.07, 6.45) is -0.657. The van der Waals surface area contributed by atoms with E-state index in [1.807, 2.05) is 30.3 Å². The van der Waals surface area contributed by atoms with Gasteiger partial charge in [-0.1, -0.05) is 42.5 Å². The molecule has 1 atom stereocenters. The van der Waals surface area contributed by atoms with Gasteiger partial charge in [-0.25, -0.2) is 13.1 Å². The molecule has 7 nitrogen and oxygen atoms in total. The number of para-hydroxylation sites is 1. The highest BCUT2D eigenvalue weighted by molar-refractivity contribution is 7.89. The van der Waals surface area contributed by atoms with Crippen molar-refractivity contribution in [2.45, 2.75) is 17.4 Å². The van der Waals surface area contributed by atoms with Crippen LogP contribution in [0.5, 0.6) is 0 Å². The second kappa shape index (κ2) is 7.32. The van der Waals surface area contributed by atoms with Crippen molar-refractivity contribution in [2.24, 2.45) is 0 Å². The number of sulfonamides is 1. The molecule has 2 aromatic carbocycles. The van der Waals surface area contributed by atoms with Crippen LogP contribution in [-0.2, 0) is 16.4 Å². The summed E-state index contributed by atoms with van der Waals surface area (Å²) >= 11 is 0. The summed E-state index contributed by atoms with van der Waals surface area (Å²) in [5.41, 5.74) is 0.363. The predicted octanol–water partition coefficient (Wildman–Crippen LogP) is 1.48. The molecule has 2 aromatic rings. The molecule has 0 aromatic heterocycles. The Morgan fingerprint density at radius 1 is 1.09 bits per heavy atom. The maximum atomic E-state index is 12.2. The molecule has 122 valence electrons. The van der Waals surface area contributed by atoms with Crippen LogP contribution in [0.4, 0.5) is 5.69 Å². The number of hydrogen-bond acceptors (Lipinski definition) is 5. The first-order valence-corrected chi connectivity index (χ1v) is 8.33. The van der Waals surface area contributed by atoms with Crippen LogP contribution < -0.4 is 4.72 Å². The Bertz CT molecular complexity index is 777. The predicted molar refractivity (Wildman–Crippen MR) is 84.4 cm³/mol. The minimum absolute atomic E-state index is 0.233. The van der Waals surface area contributed by atoms with E-state index in [1.54, 1.807) is 0 Å². The standard InChI is InChI=1S/C15H16N2O5S/c18-13(10-12-6-2-1-3-7-12)11-16-23(21,22)15-9-5-4-8-14(15)17(19)20/h1-9,13,16,18H,10-11H2. The van der Waals surface area contributed by atoms with Crippen molar-refractivity contribution in [3.05, 3.63) is 70.3 Å². The van der Waals surface area contributed by atoms with Gasteiger partial charge < -0.3 is 5.11 Å². The molecule has 0 aliphatic rings. The molecule has 0 bridgehead atoms. The molecule has 2 N–H and O–H groups in total. The zero-order valence-electron chi connectivity index (χ0n) is 12.1. The summed E-state index contributed by atoms with van der Waals surface area (Å²) in [6.45, 7) is -0.233. The third-order valence-corrected chi connectivity index (χ3v) is 4.65. The molecule has 0 aliphatic heterocycles. The Hall–Kier alpha value is -2.29. The number of nitro benzene ring substituents is 1. The smallest absolute Gasteiger partial charge is 0.289 e. The van der Waals surface area contributed by atoms with Crippen molar-refractivity contribution in [3.63, 3.8) is 0 Å². The first-order valence-electron chi connectivity index (χ1n) is 6.85. The van der Waals surface area contributed by atoms with Crippen LogP contribution in [-0.4, -0.2) is 31.1 Å². The Morgan fingerprint density at radius 3 is 2.35 bits per heavy atom. The molecule has 0 saturated carbocycles. The van der Waals surface area contributed by atoms with Gasteiger partial charge in [0.2, 0.25) is 10.0 Å². The topological polar surface area (TPSA) is 110 Å². The molecule has 0 spiro atoms. The highest BCUT2D eigenvalue weighted by Crippen LogP contribution is 2.22. The minimum atomic E-state index is -4.07. The average Bonchev–Trinajstić information content (AvgIpc) is 2.54. The van der Waals surface area contributed by atoms with Gasteiger partial charge in [0, 0.05) is 12.6 Å². The molecule has 2 rings (SSSR count). The SMILES string of the molecule is O=[N+]([O-])c1ccccc1S(=O)(=O)NCC(O)Cc1ccccc1. The fourth-order valence-corrected chi connectivity index (χ4v) is 3.32. The van der Waals surface area contributed by atoms with Crippen LogP contribution >= 0.6 is 0 Å².